The second-order valence-electron chi connectivity index (χ2n) is 6.27. The van der Waals surface area contributed by atoms with E-state index >= 15 is 0 Å². The van der Waals surface area contributed by atoms with Gasteiger partial charge in [0, 0.05) is 6.54 Å². The fourth-order valence-corrected chi connectivity index (χ4v) is 2.35. The van der Waals surface area contributed by atoms with E-state index in [-0.39, 0.29) is 18.3 Å². The van der Waals surface area contributed by atoms with E-state index in [9.17, 15) is 8.42 Å². The van der Waals surface area contributed by atoms with Crippen LogP contribution in [-0.4, -0.2) is 39.8 Å². The van der Waals surface area contributed by atoms with Crippen molar-refractivity contribution in [2.24, 2.45) is 16.0 Å². The number of aliphatic imine (C=N–C) groups is 1. The van der Waals surface area contributed by atoms with Crippen LogP contribution in [-0.2, 0) is 10.0 Å². The SMILES string of the molecule is CCNC(=NCCS(N)(=O)=O)NC(C)c1ccc(OCC(C)C)cc1. The molecule has 4 N–H and O–H groups in total. The lowest BCUT2D eigenvalue weighted by Gasteiger charge is -2.18. The van der Waals surface area contributed by atoms with Crippen molar-refractivity contribution in [2.45, 2.75) is 33.7 Å². The van der Waals surface area contributed by atoms with E-state index in [1.165, 1.54) is 0 Å². The molecule has 0 saturated heterocycles. The highest BCUT2D eigenvalue weighted by Gasteiger charge is 2.09. The molecule has 1 rings (SSSR count). The van der Waals surface area contributed by atoms with E-state index in [2.05, 4.69) is 29.5 Å². The number of guanidine groups is 1. The lowest BCUT2D eigenvalue weighted by molar-refractivity contribution is 0.271. The van der Waals surface area contributed by atoms with Gasteiger partial charge < -0.3 is 15.4 Å². The molecule has 0 aromatic heterocycles. The summed E-state index contributed by atoms with van der Waals surface area (Å²) in [5, 5.41) is 11.3. The van der Waals surface area contributed by atoms with Crippen molar-refractivity contribution in [2.75, 3.05) is 25.4 Å². The molecule has 7 nitrogen and oxygen atoms in total. The minimum atomic E-state index is -3.51. The lowest BCUT2D eigenvalue weighted by atomic mass is 10.1. The maximum absolute atomic E-state index is 11.0. The smallest absolute Gasteiger partial charge is 0.210 e. The summed E-state index contributed by atoms with van der Waals surface area (Å²) in [5.74, 6) is 1.70. The van der Waals surface area contributed by atoms with Gasteiger partial charge in [-0.2, -0.15) is 0 Å². The molecule has 0 aliphatic heterocycles. The van der Waals surface area contributed by atoms with Crippen LogP contribution in [0.15, 0.2) is 29.3 Å². The number of ether oxygens (including phenoxy) is 1. The minimum Gasteiger partial charge on any atom is -0.493 e. The van der Waals surface area contributed by atoms with E-state index in [0.717, 1.165) is 11.3 Å². The van der Waals surface area contributed by atoms with Crippen LogP contribution < -0.4 is 20.5 Å². The van der Waals surface area contributed by atoms with E-state index in [1.54, 1.807) is 0 Å². The van der Waals surface area contributed by atoms with Crippen molar-refractivity contribution in [1.29, 1.82) is 0 Å². The monoisotopic (exact) mass is 370 g/mol. The maximum Gasteiger partial charge on any atom is 0.210 e. The Morgan fingerprint density at radius 1 is 1.24 bits per heavy atom. The topological polar surface area (TPSA) is 106 Å². The van der Waals surface area contributed by atoms with Crippen molar-refractivity contribution in [3.05, 3.63) is 29.8 Å². The van der Waals surface area contributed by atoms with E-state index < -0.39 is 10.0 Å². The Morgan fingerprint density at radius 3 is 2.40 bits per heavy atom. The van der Waals surface area contributed by atoms with Crippen LogP contribution in [0, 0.1) is 5.92 Å². The minimum absolute atomic E-state index is 0.00596. The zero-order chi connectivity index (χ0) is 18.9. The Kier molecular flexibility index (Phi) is 8.71. The Morgan fingerprint density at radius 2 is 1.88 bits per heavy atom. The summed E-state index contributed by atoms with van der Waals surface area (Å²) in [5.41, 5.74) is 1.08. The third-order valence-electron chi connectivity index (χ3n) is 3.31. The summed E-state index contributed by atoms with van der Waals surface area (Å²) in [4.78, 5) is 4.24. The van der Waals surface area contributed by atoms with Gasteiger partial charge in [-0.05, 0) is 37.5 Å². The van der Waals surface area contributed by atoms with Gasteiger partial charge in [-0.3, -0.25) is 4.99 Å². The summed E-state index contributed by atoms with van der Waals surface area (Å²) in [6.07, 6.45) is 0. The second-order valence-corrected chi connectivity index (χ2v) is 8.00. The fourth-order valence-electron chi connectivity index (χ4n) is 2.01. The van der Waals surface area contributed by atoms with Gasteiger partial charge in [0.15, 0.2) is 5.96 Å². The first kappa shape index (κ1) is 21.2. The third kappa shape index (κ3) is 9.31. The Labute approximate surface area is 151 Å². The predicted octanol–water partition coefficient (Wildman–Crippen LogP) is 1.63. The molecule has 0 fully saturated rings. The van der Waals surface area contributed by atoms with Crippen LogP contribution >= 0.6 is 0 Å². The number of nitrogens with zero attached hydrogens (tertiary/aromatic N) is 1. The predicted molar refractivity (Wildman–Crippen MR) is 102 cm³/mol. The van der Waals surface area contributed by atoms with Crippen molar-refractivity contribution in [1.82, 2.24) is 10.6 Å². The van der Waals surface area contributed by atoms with Crippen molar-refractivity contribution in [3.63, 3.8) is 0 Å². The largest absolute Gasteiger partial charge is 0.493 e. The summed E-state index contributed by atoms with van der Waals surface area (Å²) in [7, 11) is -3.51. The number of nitrogens with two attached hydrogens (primary N) is 1. The molecule has 1 aromatic rings. The van der Waals surface area contributed by atoms with Gasteiger partial charge in [0.2, 0.25) is 10.0 Å². The van der Waals surface area contributed by atoms with Crippen molar-refractivity contribution >= 4 is 16.0 Å². The summed E-state index contributed by atoms with van der Waals surface area (Å²) in [6, 6.07) is 7.90. The van der Waals surface area contributed by atoms with Crippen LogP contribution in [0.4, 0.5) is 0 Å². The maximum atomic E-state index is 11.0. The van der Waals surface area contributed by atoms with E-state index in [4.69, 9.17) is 9.88 Å². The molecule has 0 bridgehead atoms. The van der Waals surface area contributed by atoms with Gasteiger partial charge in [-0.15, -0.1) is 0 Å². The highest BCUT2D eigenvalue weighted by molar-refractivity contribution is 7.89. The normalized spacial score (nSPS) is 13.6. The number of hydrogen-bond donors (Lipinski definition) is 3. The fraction of sp³-hybridized carbons (Fsp3) is 0.588. The van der Waals surface area contributed by atoms with Crippen LogP contribution in [0.5, 0.6) is 5.75 Å². The highest BCUT2D eigenvalue weighted by Crippen LogP contribution is 2.18. The van der Waals surface area contributed by atoms with Crippen LogP contribution in [0.2, 0.25) is 0 Å². The molecule has 25 heavy (non-hydrogen) atoms. The number of nitrogens with one attached hydrogen (secondary N) is 2. The second kappa shape index (κ2) is 10.2. The average molecular weight is 371 g/mol. The van der Waals surface area contributed by atoms with Gasteiger partial charge in [0.05, 0.1) is 24.9 Å². The molecule has 0 heterocycles. The molecular formula is C17H30N4O3S. The van der Waals surface area contributed by atoms with Crippen LogP contribution in [0.25, 0.3) is 0 Å². The Balaban J connectivity index is 2.66. The molecule has 0 amide bonds. The Hall–Kier alpha value is -1.80. The molecule has 0 aliphatic carbocycles. The molecule has 0 radical (unpaired) electrons. The molecule has 142 valence electrons. The summed E-state index contributed by atoms with van der Waals surface area (Å²) in [6.45, 7) is 9.65. The average Bonchev–Trinajstić information content (AvgIpc) is 2.52. The number of benzene rings is 1. The number of sulfonamides is 1. The lowest BCUT2D eigenvalue weighted by Crippen LogP contribution is -2.39. The van der Waals surface area contributed by atoms with Crippen LogP contribution in [0.1, 0.15) is 39.3 Å². The van der Waals surface area contributed by atoms with Gasteiger partial charge in [0.1, 0.15) is 5.75 Å². The molecule has 1 unspecified atom stereocenters. The van der Waals surface area contributed by atoms with Gasteiger partial charge in [0.25, 0.3) is 0 Å². The summed E-state index contributed by atoms with van der Waals surface area (Å²) >= 11 is 0. The van der Waals surface area contributed by atoms with Crippen LogP contribution in [0.3, 0.4) is 0 Å². The van der Waals surface area contributed by atoms with E-state index in [0.29, 0.717) is 25.0 Å². The molecule has 0 saturated carbocycles. The highest BCUT2D eigenvalue weighted by atomic mass is 32.2. The molecule has 0 spiro atoms. The number of primary sulfonamides is 1. The first-order chi connectivity index (χ1) is 11.7. The number of hydrogen-bond acceptors (Lipinski definition) is 4. The first-order valence-corrected chi connectivity index (χ1v) is 10.2. The molecule has 1 aromatic carbocycles. The number of rotatable bonds is 9. The van der Waals surface area contributed by atoms with Gasteiger partial charge in [-0.25, -0.2) is 13.6 Å². The first-order valence-electron chi connectivity index (χ1n) is 8.49. The van der Waals surface area contributed by atoms with Gasteiger partial charge >= 0.3 is 0 Å². The molecule has 1 atom stereocenters. The van der Waals surface area contributed by atoms with E-state index in [1.807, 2.05) is 38.1 Å². The molecular weight excluding hydrogens is 340 g/mol. The zero-order valence-corrected chi connectivity index (χ0v) is 16.3. The van der Waals surface area contributed by atoms with Gasteiger partial charge in [-0.1, -0.05) is 26.0 Å². The molecule has 8 heteroatoms. The Bertz CT molecular complexity index is 642. The van der Waals surface area contributed by atoms with Crippen molar-refractivity contribution in [3.8, 4) is 5.75 Å². The molecule has 0 aliphatic rings. The van der Waals surface area contributed by atoms with Crippen molar-refractivity contribution < 1.29 is 13.2 Å². The third-order valence-corrected chi connectivity index (χ3v) is 4.06. The quantitative estimate of drug-likeness (QED) is 0.452. The standard InChI is InChI=1S/C17H30N4O3S/c1-5-19-17(20-10-11-25(18,22)23)21-14(4)15-6-8-16(9-7-15)24-12-13(2)3/h6-9,13-14H,5,10-12H2,1-4H3,(H2,18,22,23)(H2,19,20,21). The zero-order valence-electron chi connectivity index (χ0n) is 15.5. The summed E-state index contributed by atoms with van der Waals surface area (Å²) < 4.78 is 27.7.